The molecule has 0 aliphatic rings. The number of nitrogens with two attached hydrogens (primary N) is 1. The zero-order valence-electron chi connectivity index (χ0n) is 8.99. The van der Waals surface area contributed by atoms with Crippen LogP contribution in [0.25, 0.3) is 11.0 Å². The van der Waals surface area contributed by atoms with Gasteiger partial charge in [-0.2, -0.15) is 0 Å². The molecule has 0 aliphatic heterocycles. The molecule has 0 bridgehead atoms. The summed E-state index contributed by atoms with van der Waals surface area (Å²) in [6.45, 7) is 2.75. The van der Waals surface area contributed by atoms with Crippen LogP contribution in [0.2, 0.25) is 0 Å². The van der Waals surface area contributed by atoms with Gasteiger partial charge in [-0.3, -0.25) is 0 Å². The number of rotatable bonds is 4. The Morgan fingerprint density at radius 2 is 2.20 bits per heavy atom. The third-order valence-corrected chi connectivity index (χ3v) is 2.66. The maximum Gasteiger partial charge on any atom is 0.167 e. The number of aryl methyl sites for hydroxylation is 2. The Balaban J connectivity index is 2.29. The molecule has 0 aliphatic carbocycles. The first-order valence-corrected chi connectivity index (χ1v) is 5.37. The SMILES string of the molecule is Cc1noc2cccc(CCCCN)c12. The molecule has 0 saturated carbocycles. The summed E-state index contributed by atoms with van der Waals surface area (Å²) >= 11 is 0. The van der Waals surface area contributed by atoms with Gasteiger partial charge in [0.2, 0.25) is 0 Å². The number of benzene rings is 1. The number of unbranched alkanes of at least 4 members (excludes halogenated alkanes) is 1. The molecular weight excluding hydrogens is 188 g/mol. The Kier molecular flexibility index (Phi) is 3.02. The fourth-order valence-corrected chi connectivity index (χ4v) is 1.89. The van der Waals surface area contributed by atoms with Crippen molar-refractivity contribution in [2.45, 2.75) is 26.2 Å². The van der Waals surface area contributed by atoms with E-state index in [1.807, 2.05) is 19.1 Å². The normalized spacial score (nSPS) is 11.1. The van der Waals surface area contributed by atoms with Crippen molar-refractivity contribution in [3.8, 4) is 0 Å². The number of fused-ring (bicyclic) bond motifs is 1. The number of hydrogen-bond acceptors (Lipinski definition) is 3. The van der Waals surface area contributed by atoms with Crippen molar-refractivity contribution in [3.05, 3.63) is 29.5 Å². The van der Waals surface area contributed by atoms with Gasteiger partial charge in [-0.1, -0.05) is 17.3 Å². The van der Waals surface area contributed by atoms with Crippen molar-refractivity contribution in [1.29, 1.82) is 0 Å². The number of nitrogens with zero attached hydrogens (tertiary/aromatic N) is 1. The minimum Gasteiger partial charge on any atom is -0.356 e. The van der Waals surface area contributed by atoms with E-state index in [0.717, 1.165) is 37.1 Å². The van der Waals surface area contributed by atoms with E-state index < -0.39 is 0 Å². The van der Waals surface area contributed by atoms with Crippen LogP contribution in [-0.4, -0.2) is 11.7 Å². The summed E-state index contributed by atoms with van der Waals surface area (Å²) in [4.78, 5) is 0. The van der Waals surface area contributed by atoms with E-state index >= 15 is 0 Å². The van der Waals surface area contributed by atoms with Crippen molar-refractivity contribution < 1.29 is 4.52 Å². The van der Waals surface area contributed by atoms with E-state index in [1.165, 1.54) is 10.9 Å². The summed E-state index contributed by atoms with van der Waals surface area (Å²) in [6, 6.07) is 6.12. The summed E-state index contributed by atoms with van der Waals surface area (Å²) in [5.74, 6) is 0. The van der Waals surface area contributed by atoms with Gasteiger partial charge in [0.05, 0.1) is 5.69 Å². The van der Waals surface area contributed by atoms with Crippen LogP contribution in [0.3, 0.4) is 0 Å². The van der Waals surface area contributed by atoms with Crippen LogP contribution in [0.1, 0.15) is 24.1 Å². The second-order valence-corrected chi connectivity index (χ2v) is 3.80. The predicted octanol–water partition coefficient (Wildman–Crippen LogP) is 2.42. The predicted molar refractivity (Wildman–Crippen MR) is 60.7 cm³/mol. The molecule has 0 fully saturated rings. The fourth-order valence-electron chi connectivity index (χ4n) is 1.89. The lowest BCUT2D eigenvalue weighted by atomic mass is 10.0. The third-order valence-electron chi connectivity index (χ3n) is 2.66. The largest absolute Gasteiger partial charge is 0.356 e. The van der Waals surface area contributed by atoms with Crippen molar-refractivity contribution in [3.63, 3.8) is 0 Å². The van der Waals surface area contributed by atoms with Crippen LogP contribution < -0.4 is 5.73 Å². The molecule has 0 atom stereocenters. The van der Waals surface area contributed by atoms with Gasteiger partial charge in [-0.15, -0.1) is 0 Å². The van der Waals surface area contributed by atoms with Gasteiger partial charge in [0.15, 0.2) is 5.58 Å². The molecule has 0 amide bonds. The zero-order chi connectivity index (χ0) is 10.7. The molecule has 15 heavy (non-hydrogen) atoms. The quantitative estimate of drug-likeness (QED) is 0.778. The lowest BCUT2D eigenvalue weighted by Gasteiger charge is -2.01. The molecule has 2 aromatic rings. The van der Waals surface area contributed by atoms with Crippen LogP contribution in [0.5, 0.6) is 0 Å². The highest BCUT2D eigenvalue weighted by Crippen LogP contribution is 2.23. The van der Waals surface area contributed by atoms with Crippen molar-refractivity contribution in [2.24, 2.45) is 5.73 Å². The standard InChI is InChI=1S/C12H16N2O/c1-9-12-10(5-2-3-8-13)6-4-7-11(12)15-14-9/h4,6-7H,2-3,5,8,13H2,1H3. The molecule has 80 valence electrons. The highest BCUT2D eigenvalue weighted by molar-refractivity contribution is 5.82. The summed E-state index contributed by atoms with van der Waals surface area (Å²) in [5.41, 5.74) is 8.67. The smallest absolute Gasteiger partial charge is 0.167 e. The second-order valence-electron chi connectivity index (χ2n) is 3.80. The van der Waals surface area contributed by atoms with Crippen LogP contribution in [0.4, 0.5) is 0 Å². The molecule has 1 heterocycles. The topological polar surface area (TPSA) is 52.0 Å². The second kappa shape index (κ2) is 4.45. The van der Waals surface area contributed by atoms with Gasteiger partial charge in [-0.25, -0.2) is 0 Å². The molecule has 2 N–H and O–H groups in total. The molecule has 1 aromatic carbocycles. The zero-order valence-corrected chi connectivity index (χ0v) is 8.99. The van der Waals surface area contributed by atoms with Crippen LogP contribution >= 0.6 is 0 Å². The maximum absolute atomic E-state index is 5.48. The monoisotopic (exact) mass is 204 g/mol. The van der Waals surface area contributed by atoms with Gasteiger partial charge in [0.1, 0.15) is 0 Å². The summed E-state index contributed by atoms with van der Waals surface area (Å²) in [6.07, 6.45) is 3.25. The van der Waals surface area contributed by atoms with Gasteiger partial charge in [-0.05, 0) is 44.4 Å². The van der Waals surface area contributed by atoms with Gasteiger partial charge < -0.3 is 10.3 Å². The highest BCUT2D eigenvalue weighted by Gasteiger charge is 2.08. The number of hydrogen-bond donors (Lipinski definition) is 1. The van der Waals surface area contributed by atoms with Gasteiger partial charge >= 0.3 is 0 Å². The summed E-state index contributed by atoms with van der Waals surface area (Å²) in [7, 11) is 0. The van der Waals surface area contributed by atoms with Gasteiger partial charge in [0.25, 0.3) is 0 Å². The van der Waals surface area contributed by atoms with Crippen LogP contribution in [0.15, 0.2) is 22.7 Å². The van der Waals surface area contributed by atoms with Crippen molar-refractivity contribution in [2.75, 3.05) is 6.54 Å². The maximum atomic E-state index is 5.48. The number of aromatic nitrogens is 1. The molecule has 0 unspecified atom stereocenters. The highest BCUT2D eigenvalue weighted by atomic mass is 16.5. The van der Waals surface area contributed by atoms with Crippen LogP contribution in [-0.2, 0) is 6.42 Å². The lowest BCUT2D eigenvalue weighted by molar-refractivity contribution is 0.450. The Bertz CT molecular complexity index is 448. The van der Waals surface area contributed by atoms with Crippen LogP contribution in [0, 0.1) is 6.92 Å². The van der Waals surface area contributed by atoms with E-state index in [4.69, 9.17) is 10.3 Å². The van der Waals surface area contributed by atoms with Crippen molar-refractivity contribution in [1.82, 2.24) is 5.16 Å². The van der Waals surface area contributed by atoms with E-state index in [0.29, 0.717) is 0 Å². The molecule has 0 radical (unpaired) electrons. The summed E-state index contributed by atoms with van der Waals surface area (Å²) < 4.78 is 5.22. The molecule has 0 saturated heterocycles. The molecule has 3 nitrogen and oxygen atoms in total. The first kappa shape index (κ1) is 10.2. The third kappa shape index (κ3) is 2.02. The van der Waals surface area contributed by atoms with E-state index in [2.05, 4.69) is 11.2 Å². The van der Waals surface area contributed by atoms with E-state index in [-0.39, 0.29) is 0 Å². The molecule has 2 rings (SSSR count). The Hall–Kier alpha value is -1.35. The minimum atomic E-state index is 0.762. The van der Waals surface area contributed by atoms with E-state index in [9.17, 15) is 0 Å². The molecule has 1 aromatic heterocycles. The van der Waals surface area contributed by atoms with Crippen molar-refractivity contribution >= 4 is 11.0 Å². The summed E-state index contributed by atoms with van der Waals surface area (Å²) in [5, 5.41) is 5.16. The van der Waals surface area contributed by atoms with E-state index in [1.54, 1.807) is 0 Å². The average Bonchev–Trinajstić information content (AvgIpc) is 2.62. The Labute approximate surface area is 89.2 Å². The Morgan fingerprint density at radius 1 is 1.33 bits per heavy atom. The minimum absolute atomic E-state index is 0.762. The first-order chi connectivity index (χ1) is 7.33. The van der Waals surface area contributed by atoms with Gasteiger partial charge in [0, 0.05) is 5.39 Å². The molecule has 0 spiro atoms. The fraction of sp³-hybridized carbons (Fsp3) is 0.417. The Morgan fingerprint density at radius 3 is 3.00 bits per heavy atom. The molecule has 3 heteroatoms. The first-order valence-electron chi connectivity index (χ1n) is 5.37. The average molecular weight is 204 g/mol. The molecular formula is C12H16N2O. The lowest BCUT2D eigenvalue weighted by Crippen LogP contribution is -1.99.